The molecule has 0 heterocycles. The highest BCUT2D eigenvalue weighted by molar-refractivity contribution is 6.00. The molecule has 0 aliphatic rings. The molecule has 0 aromatic heterocycles. The average molecular weight is 231 g/mol. The molecule has 0 fully saturated rings. The SMILES string of the molecule is C=N/C(=C\C(=C\C(=C)C(C)=NC)C(=C)C)NC. The second-order valence-electron chi connectivity index (χ2n) is 3.65. The number of rotatable bonds is 6. The first-order valence-corrected chi connectivity index (χ1v) is 5.32. The molecule has 0 aromatic carbocycles. The minimum Gasteiger partial charge on any atom is -0.373 e. The summed E-state index contributed by atoms with van der Waals surface area (Å²) < 4.78 is 0. The molecule has 0 bridgehead atoms. The fourth-order valence-corrected chi connectivity index (χ4v) is 1.07. The summed E-state index contributed by atoms with van der Waals surface area (Å²) in [5, 5.41) is 2.94. The van der Waals surface area contributed by atoms with Crippen LogP contribution in [0.1, 0.15) is 13.8 Å². The summed E-state index contributed by atoms with van der Waals surface area (Å²) in [6, 6.07) is 0. The van der Waals surface area contributed by atoms with Gasteiger partial charge in [0.25, 0.3) is 0 Å². The first-order valence-electron chi connectivity index (χ1n) is 5.32. The van der Waals surface area contributed by atoms with Crippen molar-refractivity contribution in [3.05, 3.63) is 47.9 Å². The zero-order valence-electron chi connectivity index (χ0n) is 11.2. The van der Waals surface area contributed by atoms with Crippen LogP contribution in [0.15, 0.2) is 57.8 Å². The maximum atomic E-state index is 4.09. The van der Waals surface area contributed by atoms with Crippen LogP contribution in [-0.4, -0.2) is 26.5 Å². The van der Waals surface area contributed by atoms with Gasteiger partial charge in [-0.15, -0.1) is 0 Å². The molecule has 17 heavy (non-hydrogen) atoms. The van der Waals surface area contributed by atoms with Crippen molar-refractivity contribution < 1.29 is 0 Å². The molecule has 0 aliphatic carbocycles. The quantitative estimate of drug-likeness (QED) is 0.554. The van der Waals surface area contributed by atoms with Gasteiger partial charge in [0.15, 0.2) is 0 Å². The van der Waals surface area contributed by atoms with E-state index in [4.69, 9.17) is 0 Å². The van der Waals surface area contributed by atoms with Gasteiger partial charge in [-0.05, 0) is 43.9 Å². The van der Waals surface area contributed by atoms with Gasteiger partial charge in [0.2, 0.25) is 0 Å². The number of nitrogens with one attached hydrogen (secondary N) is 1. The summed E-state index contributed by atoms with van der Waals surface area (Å²) >= 11 is 0. The third kappa shape index (κ3) is 5.11. The van der Waals surface area contributed by atoms with Gasteiger partial charge in [0.05, 0.1) is 0 Å². The van der Waals surface area contributed by atoms with Gasteiger partial charge < -0.3 is 5.32 Å². The zero-order valence-corrected chi connectivity index (χ0v) is 11.2. The molecule has 0 saturated heterocycles. The van der Waals surface area contributed by atoms with E-state index in [0.717, 1.165) is 22.4 Å². The van der Waals surface area contributed by atoms with E-state index in [2.05, 4.69) is 35.2 Å². The highest BCUT2D eigenvalue weighted by Crippen LogP contribution is 2.14. The summed E-state index contributed by atoms with van der Waals surface area (Å²) in [6.45, 7) is 15.2. The van der Waals surface area contributed by atoms with E-state index in [1.807, 2.05) is 26.0 Å². The first kappa shape index (κ1) is 15.1. The van der Waals surface area contributed by atoms with Crippen molar-refractivity contribution in [2.24, 2.45) is 9.98 Å². The largest absolute Gasteiger partial charge is 0.373 e. The van der Waals surface area contributed by atoms with E-state index < -0.39 is 0 Å². The Morgan fingerprint density at radius 3 is 2.12 bits per heavy atom. The molecule has 3 nitrogen and oxygen atoms in total. The summed E-state index contributed by atoms with van der Waals surface area (Å²) in [5.41, 5.74) is 3.65. The van der Waals surface area contributed by atoms with Crippen LogP contribution in [0, 0.1) is 0 Å². The molecule has 0 amide bonds. The number of aliphatic imine (C=N–C) groups is 2. The van der Waals surface area contributed by atoms with E-state index in [1.54, 1.807) is 14.1 Å². The Balaban J connectivity index is 5.33. The number of hydrogen-bond acceptors (Lipinski definition) is 3. The van der Waals surface area contributed by atoms with Crippen molar-refractivity contribution in [2.75, 3.05) is 14.1 Å². The predicted octanol–water partition coefficient (Wildman–Crippen LogP) is 2.90. The van der Waals surface area contributed by atoms with Crippen molar-refractivity contribution in [3.8, 4) is 0 Å². The molecule has 0 radical (unpaired) electrons. The Bertz CT molecular complexity index is 409. The summed E-state index contributed by atoms with van der Waals surface area (Å²) in [4.78, 5) is 7.95. The van der Waals surface area contributed by atoms with Crippen molar-refractivity contribution in [2.45, 2.75) is 13.8 Å². The topological polar surface area (TPSA) is 36.8 Å². The van der Waals surface area contributed by atoms with Crippen LogP contribution >= 0.6 is 0 Å². The van der Waals surface area contributed by atoms with E-state index in [1.165, 1.54) is 0 Å². The molecule has 0 unspecified atom stereocenters. The number of hydrogen-bond donors (Lipinski definition) is 1. The van der Waals surface area contributed by atoms with E-state index in [-0.39, 0.29) is 0 Å². The molecular weight excluding hydrogens is 210 g/mol. The fraction of sp³-hybridized carbons (Fsp3) is 0.286. The lowest BCUT2D eigenvalue weighted by atomic mass is 10.0. The van der Waals surface area contributed by atoms with Gasteiger partial charge in [0.1, 0.15) is 5.82 Å². The Morgan fingerprint density at radius 2 is 1.76 bits per heavy atom. The second-order valence-corrected chi connectivity index (χ2v) is 3.65. The molecule has 92 valence electrons. The molecule has 0 aliphatic heterocycles. The van der Waals surface area contributed by atoms with Gasteiger partial charge in [0, 0.05) is 19.8 Å². The summed E-state index contributed by atoms with van der Waals surface area (Å²) in [5.74, 6) is 0.693. The Kier molecular flexibility index (Phi) is 6.56. The number of allylic oxidation sites excluding steroid dienone is 5. The van der Waals surface area contributed by atoms with Gasteiger partial charge in [-0.1, -0.05) is 18.7 Å². The van der Waals surface area contributed by atoms with Gasteiger partial charge >= 0.3 is 0 Å². The summed E-state index contributed by atoms with van der Waals surface area (Å²) in [6.07, 6.45) is 3.82. The maximum Gasteiger partial charge on any atom is 0.125 e. The van der Waals surface area contributed by atoms with Crippen LogP contribution in [0.4, 0.5) is 0 Å². The highest BCUT2D eigenvalue weighted by Gasteiger charge is 2.00. The van der Waals surface area contributed by atoms with Crippen LogP contribution in [0.2, 0.25) is 0 Å². The maximum absolute atomic E-state index is 4.09. The number of nitrogens with zero attached hydrogens (tertiary/aromatic N) is 2. The third-order valence-electron chi connectivity index (χ3n) is 2.34. The minimum atomic E-state index is 0.693. The van der Waals surface area contributed by atoms with Crippen molar-refractivity contribution >= 4 is 12.4 Å². The normalized spacial score (nSPS) is 13.3. The van der Waals surface area contributed by atoms with Crippen LogP contribution in [0.25, 0.3) is 0 Å². The third-order valence-corrected chi connectivity index (χ3v) is 2.34. The van der Waals surface area contributed by atoms with Gasteiger partial charge in [-0.3, -0.25) is 4.99 Å². The van der Waals surface area contributed by atoms with Crippen molar-refractivity contribution in [3.63, 3.8) is 0 Å². The molecule has 0 rings (SSSR count). The lowest BCUT2D eigenvalue weighted by Gasteiger charge is -2.06. The van der Waals surface area contributed by atoms with Crippen LogP contribution in [0.5, 0.6) is 0 Å². The second kappa shape index (κ2) is 7.39. The molecule has 3 heteroatoms. The first-order chi connectivity index (χ1) is 7.96. The van der Waals surface area contributed by atoms with Crippen LogP contribution in [-0.2, 0) is 0 Å². The highest BCUT2D eigenvalue weighted by atomic mass is 15.0. The van der Waals surface area contributed by atoms with Crippen LogP contribution in [0.3, 0.4) is 0 Å². The zero-order chi connectivity index (χ0) is 13.4. The van der Waals surface area contributed by atoms with Crippen molar-refractivity contribution in [1.82, 2.24) is 5.32 Å². The predicted molar refractivity (Wildman–Crippen MR) is 77.8 cm³/mol. The Hall–Kier alpha value is -1.90. The molecule has 0 spiro atoms. The van der Waals surface area contributed by atoms with Gasteiger partial charge in [-0.2, -0.15) is 0 Å². The molecule has 1 N–H and O–H groups in total. The van der Waals surface area contributed by atoms with E-state index in [0.29, 0.717) is 5.82 Å². The minimum absolute atomic E-state index is 0.693. The summed E-state index contributed by atoms with van der Waals surface area (Å²) in [7, 11) is 3.54. The van der Waals surface area contributed by atoms with E-state index >= 15 is 0 Å². The van der Waals surface area contributed by atoms with E-state index in [9.17, 15) is 0 Å². The molecular formula is C14H21N3. The van der Waals surface area contributed by atoms with Gasteiger partial charge in [-0.25, -0.2) is 4.99 Å². The van der Waals surface area contributed by atoms with Crippen LogP contribution < -0.4 is 5.32 Å². The molecule has 0 atom stereocenters. The smallest absolute Gasteiger partial charge is 0.125 e. The Morgan fingerprint density at radius 1 is 1.18 bits per heavy atom. The molecule has 0 saturated carbocycles. The fourth-order valence-electron chi connectivity index (χ4n) is 1.07. The lowest BCUT2D eigenvalue weighted by molar-refractivity contribution is 0.967. The monoisotopic (exact) mass is 231 g/mol. The van der Waals surface area contributed by atoms with Crippen molar-refractivity contribution in [1.29, 1.82) is 0 Å². The molecule has 0 aromatic rings. The lowest BCUT2D eigenvalue weighted by Crippen LogP contribution is -2.03. The standard InChI is InChI=1S/C14H21N3/c1-10(2)13(9-14(16-6)17-7)8-11(3)12(4)15-5/h8-9,17H,1,3,6H2,2,4-5,7H3/b13-8-,14-9+,15-12?. The average Bonchev–Trinajstić information content (AvgIpc) is 2.32. The Labute approximate surface area is 104 Å².